The van der Waals surface area contributed by atoms with Gasteiger partial charge in [-0.25, -0.2) is 4.98 Å². The van der Waals surface area contributed by atoms with Gasteiger partial charge in [0.25, 0.3) is 0 Å². The molecule has 0 spiro atoms. The van der Waals surface area contributed by atoms with Crippen LogP contribution in [0.2, 0.25) is 0 Å². The zero-order valence-corrected chi connectivity index (χ0v) is 10.0. The number of fused-ring (bicyclic) bond motifs is 1. The monoisotopic (exact) mass is 217 g/mol. The van der Waals surface area contributed by atoms with Crippen molar-refractivity contribution < 1.29 is 0 Å². The van der Waals surface area contributed by atoms with E-state index in [1.165, 1.54) is 5.56 Å². The van der Waals surface area contributed by atoms with E-state index in [1.54, 1.807) is 0 Å². The number of hydrogen-bond acceptors (Lipinski definition) is 2. The van der Waals surface area contributed by atoms with Crippen LogP contribution in [0.15, 0.2) is 18.2 Å². The van der Waals surface area contributed by atoms with Gasteiger partial charge in [0.15, 0.2) is 0 Å². The maximum atomic E-state index is 4.54. The summed E-state index contributed by atoms with van der Waals surface area (Å²) in [5, 5.41) is 3.35. The minimum Gasteiger partial charge on any atom is -0.341 e. The molecule has 0 amide bonds. The number of nitrogens with one attached hydrogen (secondary N) is 2. The standard InChI is InChI=1S/C13H19N3/c1-3-7-14-9-13-15-11-6-5-10(4-2)8-12(11)16-13/h5-6,8,14H,3-4,7,9H2,1-2H3,(H,15,16). The average molecular weight is 217 g/mol. The summed E-state index contributed by atoms with van der Waals surface area (Å²) >= 11 is 0. The van der Waals surface area contributed by atoms with Crippen molar-refractivity contribution in [1.82, 2.24) is 15.3 Å². The molecule has 1 aromatic heterocycles. The van der Waals surface area contributed by atoms with Gasteiger partial charge in [0.1, 0.15) is 5.82 Å². The molecule has 2 aromatic rings. The molecule has 0 aliphatic heterocycles. The van der Waals surface area contributed by atoms with Gasteiger partial charge in [-0.15, -0.1) is 0 Å². The first-order valence-electron chi connectivity index (χ1n) is 6.01. The molecular formula is C13H19N3. The van der Waals surface area contributed by atoms with Crippen LogP contribution in [0.25, 0.3) is 11.0 Å². The Morgan fingerprint density at radius 1 is 1.31 bits per heavy atom. The van der Waals surface area contributed by atoms with Gasteiger partial charge >= 0.3 is 0 Å². The summed E-state index contributed by atoms with van der Waals surface area (Å²) in [7, 11) is 0. The Balaban J connectivity index is 2.16. The Labute approximate surface area is 96.3 Å². The summed E-state index contributed by atoms with van der Waals surface area (Å²) in [4.78, 5) is 7.90. The molecule has 2 rings (SSSR count). The number of rotatable bonds is 5. The van der Waals surface area contributed by atoms with E-state index in [1.807, 2.05) is 0 Å². The maximum Gasteiger partial charge on any atom is 0.121 e. The second-order valence-electron chi connectivity index (χ2n) is 4.07. The third kappa shape index (κ3) is 2.42. The zero-order valence-electron chi connectivity index (χ0n) is 10.0. The lowest BCUT2D eigenvalue weighted by molar-refractivity contribution is 0.656. The van der Waals surface area contributed by atoms with Gasteiger partial charge in [-0.05, 0) is 37.1 Å². The molecule has 0 saturated carbocycles. The van der Waals surface area contributed by atoms with Crippen LogP contribution in [0.3, 0.4) is 0 Å². The van der Waals surface area contributed by atoms with Crippen LogP contribution in [-0.4, -0.2) is 16.5 Å². The lowest BCUT2D eigenvalue weighted by Crippen LogP contribution is -2.14. The van der Waals surface area contributed by atoms with Gasteiger partial charge in [-0.2, -0.15) is 0 Å². The first kappa shape index (κ1) is 11.1. The fourth-order valence-electron chi connectivity index (χ4n) is 1.80. The maximum absolute atomic E-state index is 4.54. The lowest BCUT2D eigenvalue weighted by atomic mass is 10.1. The van der Waals surface area contributed by atoms with E-state index in [0.29, 0.717) is 0 Å². The Morgan fingerprint density at radius 2 is 2.19 bits per heavy atom. The quantitative estimate of drug-likeness (QED) is 0.756. The minimum absolute atomic E-state index is 0.823. The van der Waals surface area contributed by atoms with Crippen LogP contribution in [0.5, 0.6) is 0 Å². The van der Waals surface area contributed by atoms with E-state index in [4.69, 9.17) is 0 Å². The van der Waals surface area contributed by atoms with Gasteiger partial charge in [0, 0.05) is 0 Å². The van der Waals surface area contributed by atoms with E-state index in [2.05, 4.69) is 47.3 Å². The molecular weight excluding hydrogens is 198 g/mol. The number of aromatic nitrogens is 2. The zero-order chi connectivity index (χ0) is 11.4. The molecule has 1 aromatic carbocycles. The molecule has 3 nitrogen and oxygen atoms in total. The van der Waals surface area contributed by atoms with Crippen LogP contribution in [0.4, 0.5) is 0 Å². The smallest absolute Gasteiger partial charge is 0.121 e. The van der Waals surface area contributed by atoms with Crippen LogP contribution >= 0.6 is 0 Å². The summed E-state index contributed by atoms with van der Waals surface area (Å²) < 4.78 is 0. The highest BCUT2D eigenvalue weighted by atomic mass is 15.0. The third-order valence-electron chi connectivity index (χ3n) is 2.72. The van der Waals surface area contributed by atoms with E-state index >= 15 is 0 Å². The highest BCUT2D eigenvalue weighted by molar-refractivity contribution is 5.75. The summed E-state index contributed by atoms with van der Waals surface area (Å²) in [6.07, 6.45) is 2.22. The van der Waals surface area contributed by atoms with Crippen molar-refractivity contribution in [2.45, 2.75) is 33.2 Å². The molecule has 0 bridgehead atoms. The fourth-order valence-corrected chi connectivity index (χ4v) is 1.80. The summed E-state index contributed by atoms with van der Waals surface area (Å²) in [6, 6.07) is 6.42. The van der Waals surface area contributed by atoms with E-state index < -0.39 is 0 Å². The van der Waals surface area contributed by atoms with Gasteiger partial charge in [0.05, 0.1) is 17.6 Å². The first-order valence-corrected chi connectivity index (χ1v) is 6.01. The highest BCUT2D eigenvalue weighted by Crippen LogP contribution is 2.14. The molecule has 1 heterocycles. The summed E-state index contributed by atoms with van der Waals surface area (Å²) in [5.41, 5.74) is 3.56. The molecule has 0 radical (unpaired) electrons. The Hall–Kier alpha value is -1.35. The minimum atomic E-state index is 0.823. The van der Waals surface area contributed by atoms with E-state index in [-0.39, 0.29) is 0 Å². The molecule has 0 unspecified atom stereocenters. The van der Waals surface area contributed by atoms with Gasteiger partial charge in [0.2, 0.25) is 0 Å². The SMILES string of the molecule is CCCNCc1nc2ccc(CC)cc2[nH]1. The second kappa shape index (κ2) is 5.12. The topological polar surface area (TPSA) is 40.7 Å². The molecule has 86 valence electrons. The molecule has 2 N–H and O–H groups in total. The number of aryl methyl sites for hydroxylation is 1. The van der Waals surface area contributed by atoms with Crippen molar-refractivity contribution in [3.8, 4) is 0 Å². The predicted octanol–water partition coefficient (Wildman–Crippen LogP) is 2.62. The Bertz CT molecular complexity index is 459. The molecule has 0 fully saturated rings. The summed E-state index contributed by atoms with van der Waals surface area (Å²) in [6.45, 7) is 6.20. The number of aromatic amines is 1. The number of hydrogen-bond donors (Lipinski definition) is 2. The van der Waals surface area contributed by atoms with Crippen molar-refractivity contribution in [1.29, 1.82) is 0 Å². The lowest BCUT2D eigenvalue weighted by Gasteiger charge is -1.97. The molecule has 16 heavy (non-hydrogen) atoms. The third-order valence-corrected chi connectivity index (χ3v) is 2.72. The molecule has 0 aliphatic carbocycles. The van der Waals surface area contributed by atoms with Crippen molar-refractivity contribution in [3.63, 3.8) is 0 Å². The number of nitrogens with zero attached hydrogens (tertiary/aromatic N) is 1. The van der Waals surface area contributed by atoms with Crippen molar-refractivity contribution in [2.75, 3.05) is 6.54 Å². The normalized spacial score (nSPS) is 11.1. The van der Waals surface area contributed by atoms with Crippen molar-refractivity contribution in [3.05, 3.63) is 29.6 Å². The first-order chi connectivity index (χ1) is 7.83. The van der Waals surface area contributed by atoms with Crippen LogP contribution in [-0.2, 0) is 13.0 Å². The number of benzene rings is 1. The Kier molecular flexibility index (Phi) is 3.57. The number of H-pyrrole nitrogens is 1. The number of imidazole rings is 1. The van der Waals surface area contributed by atoms with Gasteiger partial charge in [-0.3, -0.25) is 0 Å². The molecule has 0 saturated heterocycles. The molecule has 3 heteroatoms. The summed E-state index contributed by atoms with van der Waals surface area (Å²) in [5.74, 6) is 1.02. The Morgan fingerprint density at radius 3 is 2.94 bits per heavy atom. The fraction of sp³-hybridized carbons (Fsp3) is 0.462. The van der Waals surface area contributed by atoms with Crippen molar-refractivity contribution >= 4 is 11.0 Å². The van der Waals surface area contributed by atoms with Crippen LogP contribution in [0, 0.1) is 0 Å². The average Bonchev–Trinajstić information content (AvgIpc) is 2.70. The van der Waals surface area contributed by atoms with Crippen molar-refractivity contribution in [2.24, 2.45) is 0 Å². The largest absolute Gasteiger partial charge is 0.341 e. The van der Waals surface area contributed by atoms with Crippen LogP contribution < -0.4 is 5.32 Å². The van der Waals surface area contributed by atoms with Crippen LogP contribution in [0.1, 0.15) is 31.7 Å². The van der Waals surface area contributed by atoms with Gasteiger partial charge < -0.3 is 10.3 Å². The van der Waals surface area contributed by atoms with E-state index in [0.717, 1.165) is 42.8 Å². The second-order valence-corrected chi connectivity index (χ2v) is 4.07. The highest BCUT2D eigenvalue weighted by Gasteiger charge is 2.02. The molecule has 0 atom stereocenters. The molecule has 0 aliphatic rings. The predicted molar refractivity (Wildman–Crippen MR) is 67.5 cm³/mol. The van der Waals surface area contributed by atoms with E-state index in [9.17, 15) is 0 Å². The van der Waals surface area contributed by atoms with Gasteiger partial charge in [-0.1, -0.05) is 19.9 Å².